The Morgan fingerprint density at radius 2 is 2.25 bits per heavy atom. The van der Waals surface area contributed by atoms with Gasteiger partial charge in [-0.3, -0.25) is 9.78 Å². The third-order valence-corrected chi connectivity index (χ3v) is 6.86. The van der Waals surface area contributed by atoms with Crippen LogP contribution in [0.25, 0.3) is 21.6 Å². The highest BCUT2D eigenvalue weighted by molar-refractivity contribution is 7.19. The van der Waals surface area contributed by atoms with Gasteiger partial charge in [-0.1, -0.05) is 0 Å². The highest BCUT2D eigenvalue weighted by Crippen LogP contribution is 2.40. The molecule has 1 atom stereocenters. The van der Waals surface area contributed by atoms with E-state index in [0.717, 1.165) is 60.8 Å². The molecule has 144 valence electrons. The molecule has 0 aromatic carbocycles. The van der Waals surface area contributed by atoms with E-state index in [0.29, 0.717) is 12.3 Å². The summed E-state index contributed by atoms with van der Waals surface area (Å²) >= 11 is 1.81. The third-order valence-electron chi connectivity index (χ3n) is 5.68. The van der Waals surface area contributed by atoms with Crippen molar-refractivity contribution in [2.45, 2.75) is 38.5 Å². The number of nitrogens with one attached hydrogen (secondary N) is 2. The van der Waals surface area contributed by atoms with Gasteiger partial charge in [-0.25, -0.2) is 9.97 Å². The molecule has 3 aromatic heterocycles. The Balaban J connectivity index is 1.44. The Kier molecular flexibility index (Phi) is 4.68. The number of hydrogen-bond donors (Lipinski definition) is 2. The molecular formula is C21H23N5OS. The van der Waals surface area contributed by atoms with Gasteiger partial charge in [-0.05, 0) is 55.7 Å². The number of nitrogens with zero attached hydrogens (tertiary/aromatic N) is 3. The summed E-state index contributed by atoms with van der Waals surface area (Å²) in [6, 6.07) is 3.92. The fourth-order valence-electron chi connectivity index (χ4n) is 4.24. The molecule has 28 heavy (non-hydrogen) atoms. The number of hydrogen-bond acceptors (Lipinski definition) is 6. The van der Waals surface area contributed by atoms with Crippen molar-refractivity contribution in [2.24, 2.45) is 5.92 Å². The van der Waals surface area contributed by atoms with Crippen LogP contribution >= 0.6 is 11.3 Å². The molecule has 1 aliphatic heterocycles. The number of thiophene rings is 1. The zero-order chi connectivity index (χ0) is 18.9. The van der Waals surface area contributed by atoms with Crippen LogP contribution in [0, 0.1) is 5.92 Å². The second kappa shape index (κ2) is 7.47. The van der Waals surface area contributed by atoms with E-state index in [-0.39, 0.29) is 5.91 Å². The van der Waals surface area contributed by atoms with Gasteiger partial charge in [0.25, 0.3) is 0 Å². The molecule has 0 spiro atoms. The van der Waals surface area contributed by atoms with Gasteiger partial charge in [0.2, 0.25) is 5.91 Å². The molecule has 1 unspecified atom stereocenters. The number of amides is 1. The van der Waals surface area contributed by atoms with Crippen molar-refractivity contribution in [1.29, 1.82) is 0 Å². The SMILES string of the molecule is O=C1CC(CCNc2nc(-c3cccnc3)nc3sc4c(c23)CCC4)CCN1. The second-order valence-electron chi connectivity index (χ2n) is 7.60. The molecular weight excluding hydrogens is 370 g/mol. The average Bonchev–Trinajstić information content (AvgIpc) is 3.29. The van der Waals surface area contributed by atoms with Crippen molar-refractivity contribution in [2.75, 3.05) is 18.4 Å². The fraction of sp³-hybridized carbons (Fsp3) is 0.429. The lowest BCUT2D eigenvalue weighted by molar-refractivity contribution is -0.123. The largest absolute Gasteiger partial charge is 0.369 e. The van der Waals surface area contributed by atoms with E-state index < -0.39 is 0 Å². The van der Waals surface area contributed by atoms with Gasteiger partial charge in [-0.2, -0.15) is 0 Å². The number of aromatic nitrogens is 3. The number of carbonyl (C=O) groups is 1. The molecule has 0 bridgehead atoms. The molecule has 2 aliphatic rings. The lowest BCUT2D eigenvalue weighted by Crippen LogP contribution is -2.34. The Hall–Kier alpha value is -2.54. The highest BCUT2D eigenvalue weighted by atomic mass is 32.1. The standard InChI is InChI=1S/C21H23N5OS/c27-17-11-13(6-9-23-17)7-10-24-20-18-15-4-1-5-16(15)28-21(18)26-19(25-20)14-3-2-8-22-12-14/h2-3,8,12-13H,1,4-7,9-11H2,(H,23,27)(H,24,25,26). The maximum atomic E-state index is 11.6. The zero-order valence-electron chi connectivity index (χ0n) is 15.7. The van der Waals surface area contributed by atoms with Gasteiger partial charge in [0.05, 0.1) is 5.39 Å². The van der Waals surface area contributed by atoms with Crippen LogP contribution in [0.5, 0.6) is 0 Å². The van der Waals surface area contributed by atoms with E-state index in [1.165, 1.54) is 22.2 Å². The van der Waals surface area contributed by atoms with Gasteiger partial charge < -0.3 is 10.6 Å². The van der Waals surface area contributed by atoms with E-state index >= 15 is 0 Å². The Morgan fingerprint density at radius 1 is 1.29 bits per heavy atom. The van der Waals surface area contributed by atoms with Crippen molar-refractivity contribution >= 4 is 33.3 Å². The predicted molar refractivity (Wildman–Crippen MR) is 112 cm³/mol. The van der Waals surface area contributed by atoms with Gasteiger partial charge >= 0.3 is 0 Å². The fourth-order valence-corrected chi connectivity index (χ4v) is 5.50. The summed E-state index contributed by atoms with van der Waals surface area (Å²) in [5.41, 5.74) is 2.36. The van der Waals surface area contributed by atoms with Crippen LogP contribution in [0.1, 0.15) is 36.1 Å². The molecule has 1 saturated heterocycles. The van der Waals surface area contributed by atoms with Crippen LogP contribution in [-0.2, 0) is 17.6 Å². The van der Waals surface area contributed by atoms with Gasteiger partial charge in [0.1, 0.15) is 10.6 Å². The quantitative estimate of drug-likeness (QED) is 0.693. The first-order valence-electron chi connectivity index (χ1n) is 10.0. The van der Waals surface area contributed by atoms with Crippen LogP contribution in [0.3, 0.4) is 0 Å². The molecule has 7 heteroatoms. The Labute approximate surface area is 167 Å². The maximum Gasteiger partial charge on any atom is 0.220 e. The molecule has 2 N–H and O–H groups in total. The summed E-state index contributed by atoms with van der Waals surface area (Å²) < 4.78 is 0. The van der Waals surface area contributed by atoms with Crippen LogP contribution in [0.15, 0.2) is 24.5 Å². The topological polar surface area (TPSA) is 79.8 Å². The van der Waals surface area contributed by atoms with Gasteiger partial charge in [-0.15, -0.1) is 11.3 Å². The molecule has 5 rings (SSSR count). The van der Waals surface area contributed by atoms with Gasteiger partial charge in [0, 0.05) is 42.3 Å². The molecule has 0 saturated carbocycles. The molecule has 6 nitrogen and oxygen atoms in total. The molecule has 0 radical (unpaired) electrons. The molecule has 1 amide bonds. The van der Waals surface area contributed by atoms with Crippen molar-refractivity contribution < 1.29 is 4.79 Å². The lowest BCUT2D eigenvalue weighted by Gasteiger charge is -2.22. The number of rotatable bonds is 5. The Bertz CT molecular complexity index is 1020. The first kappa shape index (κ1) is 17.6. The zero-order valence-corrected chi connectivity index (χ0v) is 16.5. The Morgan fingerprint density at radius 3 is 3.11 bits per heavy atom. The average molecular weight is 394 g/mol. The monoisotopic (exact) mass is 393 g/mol. The highest BCUT2D eigenvalue weighted by Gasteiger charge is 2.23. The predicted octanol–water partition coefficient (Wildman–Crippen LogP) is 3.57. The van der Waals surface area contributed by atoms with E-state index in [1.807, 2.05) is 18.3 Å². The van der Waals surface area contributed by atoms with Crippen LogP contribution < -0.4 is 10.6 Å². The van der Waals surface area contributed by atoms with Crippen molar-refractivity contribution in [1.82, 2.24) is 20.3 Å². The maximum absolute atomic E-state index is 11.6. The minimum absolute atomic E-state index is 0.176. The van der Waals surface area contributed by atoms with Crippen LogP contribution in [-0.4, -0.2) is 33.9 Å². The third kappa shape index (κ3) is 3.35. The molecule has 4 heterocycles. The number of piperidine rings is 1. The number of fused-ring (bicyclic) bond motifs is 3. The summed E-state index contributed by atoms with van der Waals surface area (Å²) in [5, 5.41) is 7.69. The second-order valence-corrected chi connectivity index (χ2v) is 8.68. The number of aryl methyl sites for hydroxylation is 2. The minimum atomic E-state index is 0.176. The number of anilines is 1. The summed E-state index contributed by atoms with van der Waals surface area (Å²) in [7, 11) is 0. The van der Waals surface area contributed by atoms with Crippen LogP contribution in [0.4, 0.5) is 5.82 Å². The first-order valence-corrected chi connectivity index (χ1v) is 10.8. The van der Waals surface area contributed by atoms with E-state index in [4.69, 9.17) is 9.97 Å². The normalized spacial score (nSPS) is 18.9. The number of carbonyl (C=O) groups excluding carboxylic acids is 1. The molecule has 3 aromatic rings. The summed E-state index contributed by atoms with van der Waals surface area (Å²) in [4.78, 5) is 28.1. The van der Waals surface area contributed by atoms with E-state index in [9.17, 15) is 4.79 Å². The number of pyridine rings is 1. The molecule has 1 fully saturated rings. The van der Waals surface area contributed by atoms with Crippen molar-refractivity contribution in [3.63, 3.8) is 0 Å². The molecule has 1 aliphatic carbocycles. The smallest absolute Gasteiger partial charge is 0.220 e. The van der Waals surface area contributed by atoms with Crippen molar-refractivity contribution in [3.05, 3.63) is 35.0 Å². The first-order chi connectivity index (χ1) is 13.8. The summed E-state index contributed by atoms with van der Waals surface area (Å²) in [5.74, 6) is 2.28. The minimum Gasteiger partial charge on any atom is -0.369 e. The summed E-state index contributed by atoms with van der Waals surface area (Å²) in [6.07, 6.45) is 9.73. The van der Waals surface area contributed by atoms with Crippen molar-refractivity contribution in [3.8, 4) is 11.4 Å². The lowest BCUT2D eigenvalue weighted by atomic mass is 9.94. The van der Waals surface area contributed by atoms with E-state index in [1.54, 1.807) is 17.5 Å². The van der Waals surface area contributed by atoms with E-state index in [2.05, 4.69) is 15.6 Å². The van der Waals surface area contributed by atoms with Gasteiger partial charge in [0.15, 0.2) is 5.82 Å². The van der Waals surface area contributed by atoms with Crippen LogP contribution in [0.2, 0.25) is 0 Å². The summed E-state index contributed by atoms with van der Waals surface area (Å²) in [6.45, 7) is 1.62.